The highest BCUT2D eigenvalue weighted by atomic mass is 32.2. The van der Waals surface area contributed by atoms with Crippen molar-refractivity contribution in [3.05, 3.63) is 66.8 Å². The highest BCUT2D eigenvalue weighted by Crippen LogP contribution is 2.63. The van der Waals surface area contributed by atoms with E-state index in [1.165, 1.54) is 36.7 Å². The van der Waals surface area contributed by atoms with Crippen LogP contribution in [0, 0.1) is 27.9 Å². The molecule has 0 saturated heterocycles. The molecule has 0 radical (unpaired) electrons. The maximum Gasteiger partial charge on any atom is 0.305 e. The fraction of sp³-hybridized carbons (Fsp3) is 0.381. The number of aromatic amines is 1. The lowest BCUT2D eigenvalue weighted by Crippen LogP contribution is -2.33. The van der Waals surface area contributed by atoms with Gasteiger partial charge in [0.2, 0.25) is 0 Å². The Bertz CT molecular complexity index is 1180. The number of aromatic nitrogens is 1. The first-order valence-electron chi connectivity index (χ1n) is 9.83. The summed E-state index contributed by atoms with van der Waals surface area (Å²) in [4.78, 5) is 27.2. The Balaban J connectivity index is 1.47. The predicted molar refractivity (Wildman–Crippen MR) is 112 cm³/mol. The number of furan rings is 1. The van der Waals surface area contributed by atoms with Gasteiger partial charge in [-0.25, -0.2) is 0 Å². The Kier molecular flexibility index (Phi) is 3.83. The zero-order valence-corrected chi connectivity index (χ0v) is 17.0. The third-order valence-electron chi connectivity index (χ3n) is 6.76. The molecule has 2 aromatic heterocycles. The van der Waals surface area contributed by atoms with E-state index in [-0.39, 0.29) is 21.4 Å². The van der Waals surface area contributed by atoms with Gasteiger partial charge in [0.05, 0.1) is 26.3 Å². The first-order chi connectivity index (χ1) is 14.1. The highest BCUT2D eigenvalue weighted by Gasteiger charge is 2.55. The average molecular weight is 427 g/mol. The summed E-state index contributed by atoms with van der Waals surface area (Å²) in [6.45, 7) is 0. The van der Waals surface area contributed by atoms with Crippen molar-refractivity contribution in [2.75, 3.05) is 0 Å². The van der Waals surface area contributed by atoms with Gasteiger partial charge in [-0.3, -0.25) is 14.9 Å². The molecule has 3 aliphatic rings. The lowest BCUT2D eigenvalue weighted by atomic mass is 9.77. The Morgan fingerprint density at radius 2 is 1.97 bits per heavy atom. The minimum Gasteiger partial charge on any atom is -0.460 e. The van der Waals surface area contributed by atoms with Crippen molar-refractivity contribution in [1.82, 2.24) is 4.98 Å². The second kappa shape index (κ2) is 6.34. The smallest absolute Gasteiger partial charge is 0.305 e. The lowest BCUT2D eigenvalue weighted by Gasteiger charge is -2.38. The van der Waals surface area contributed by atoms with E-state index in [0.29, 0.717) is 34.3 Å². The largest absolute Gasteiger partial charge is 0.460 e. The minimum atomic E-state index is -0.378. The minimum absolute atomic E-state index is 0.0229. The van der Waals surface area contributed by atoms with Crippen LogP contribution in [-0.2, 0) is 0 Å². The predicted octanol–water partition coefficient (Wildman–Crippen LogP) is 5.26. The molecule has 1 N–H and O–H groups in total. The van der Waals surface area contributed by atoms with Crippen LogP contribution in [0.25, 0.3) is 11.3 Å². The number of hydrogen-bond donors (Lipinski definition) is 1. The molecule has 1 aromatic carbocycles. The summed E-state index contributed by atoms with van der Waals surface area (Å²) in [7, 11) is 0. The van der Waals surface area contributed by atoms with Crippen LogP contribution >= 0.6 is 23.1 Å². The number of nitrogens with one attached hydrogen (secondary N) is 1. The molecule has 0 amide bonds. The van der Waals surface area contributed by atoms with Crippen LogP contribution in [0.1, 0.15) is 35.8 Å². The number of hydrogen-bond acceptors (Lipinski definition) is 6. The fourth-order valence-electron chi connectivity index (χ4n) is 5.67. The summed E-state index contributed by atoms with van der Waals surface area (Å²) in [5, 5.41) is 12.9. The van der Waals surface area contributed by atoms with Gasteiger partial charge < -0.3 is 9.40 Å². The standard InChI is InChI=1S/C21H18N2O4S2/c24-21-22-20-19(29-21)17(16-10-5-6-11(9-10)18(16)28-20)15-8-7-14(27-15)12-3-1-2-4-13(12)23(25)26/h1-4,7-8,10-11,16-18H,5-6,9H2,(H,22,24)/t10-,11-,16-,17-,18+/m0/s1. The zero-order valence-electron chi connectivity index (χ0n) is 15.4. The third-order valence-corrected chi connectivity index (χ3v) is 9.39. The van der Waals surface area contributed by atoms with E-state index < -0.39 is 0 Å². The number of para-hydroxylation sites is 1. The van der Waals surface area contributed by atoms with Gasteiger partial charge in [-0.15, -0.1) is 11.8 Å². The second-order valence-corrected chi connectivity index (χ2v) is 10.4. The van der Waals surface area contributed by atoms with Gasteiger partial charge in [-0.1, -0.05) is 23.5 Å². The Morgan fingerprint density at radius 3 is 2.83 bits per heavy atom. The van der Waals surface area contributed by atoms with Crippen LogP contribution in [0.4, 0.5) is 5.69 Å². The Morgan fingerprint density at radius 1 is 1.14 bits per heavy atom. The molecule has 2 aliphatic carbocycles. The van der Waals surface area contributed by atoms with Crippen LogP contribution in [0.15, 0.2) is 50.6 Å². The maximum atomic E-state index is 12.1. The number of fused-ring (bicyclic) bond motifs is 6. The Hall–Kier alpha value is -2.32. The van der Waals surface area contributed by atoms with E-state index in [9.17, 15) is 14.9 Å². The fourth-order valence-corrected chi connectivity index (χ4v) is 8.55. The molecule has 6 nitrogen and oxygen atoms in total. The average Bonchev–Trinajstić information content (AvgIpc) is 3.49. The van der Waals surface area contributed by atoms with Crippen molar-refractivity contribution in [3.8, 4) is 11.3 Å². The van der Waals surface area contributed by atoms with E-state index in [1.54, 1.807) is 18.2 Å². The molecular formula is C21H18N2O4S2. The zero-order chi connectivity index (χ0) is 19.7. The number of nitrogens with zero attached hydrogens (tertiary/aromatic N) is 1. The molecule has 8 heteroatoms. The number of rotatable bonds is 3. The van der Waals surface area contributed by atoms with E-state index >= 15 is 0 Å². The number of benzene rings is 1. The highest BCUT2D eigenvalue weighted by molar-refractivity contribution is 8.00. The van der Waals surface area contributed by atoms with Gasteiger partial charge in [0.1, 0.15) is 11.5 Å². The van der Waals surface area contributed by atoms with Crippen LogP contribution in [0.3, 0.4) is 0 Å². The van der Waals surface area contributed by atoms with Crippen molar-refractivity contribution < 1.29 is 9.34 Å². The van der Waals surface area contributed by atoms with Crippen LogP contribution in [0.2, 0.25) is 0 Å². The van der Waals surface area contributed by atoms with E-state index in [1.807, 2.05) is 23.9 Å². The SMILES string of the molecule is O=c1[nH]c2c(s1)[C@@H](c1ccc(-c3ccccc3[N+](=O)[O-])o1)[C@@H]1[C@H]3CC[C@@H](C3)[C@H]1S2. The number of nitro benzene ring substituents is 1. The molecule has 148 valence electrons. The molecule has 0 spiro atoms. The molecule has 5 atom stereocenters. The van der Waals surface area contributed by atoms with Gasteiger partial charge >= 0.3 is 4.87 Å². The van der Waals surface area contributed by atoms with Gasteiger partial charge in [0.15, 0.2) is 0 Å². The first kappa shape index (κ1) is 17.5. The summed E-state index contributed by atoms with van der Waals surface area (Å²) < 4.78 is 6.26. The first-order valence-corrected chi connectivity index (χ1v) is 11.5. The molecule has 2 bridgehead atoms. The monoisotopic (exact) mass is 426 g/mol. The second-order valence-electron chi connectivity index (χ2n) is 8.15. The normalized spacial score (nSPS) is 29.6. The lowest BCUT2D eigenvalue weighted by molar-refractivity contribution is -0.384. The van der Waals surface area contributed by atoms with Gasteiger partial charge in [0.25, 0.3) is 5.69 Å². The third kappa shape index (κ3) is 2.58. The van der Waals surface area contributed by atoms with Crippen molar-refractivity contribution in [2.45, 2.75) is 35.5 Å². The summed E-state index contributed by atoms with van der Waals surface area (Å²) >= 11 is 3.13. The number of H-pyrrole nitrogens is 1. The topological polar surface area (TPSA) is 89.1 Å². The summed E-state index contributed by atoms with van der Waals surface area (Å²) in [5.41, 5.74) is 0.526. The summed E-state index contributed by atoms with van der Waals surface area (Å²) in [6.07, 6.45) is 3.78. The van der Waals surface area contributed by atoms with Crippen molar-refractivity contribution in [3.63, 3.8) is 0 Å². The number of thioether (sulfide) groups is 1. The van der Waals surface area contributed by atoms with Gasteiger partial charge in [-0.2, -0.15) is 0 Å². The van der Waals surface area contributed by atoms with Crippen LogP contribution in [0.5, 0.6) is 0 Å². The quantitative estimate of drug-likeness (QED) is 0.456. The molecule has 29 heavy (non-hydrogen) atoms. The molecule has 3 heterocycles. The number of nitro groups is 1. The summed E-state index contributed by atoms with van der Waals surface area (Å²) in [6, 6.07) is 10.4. The van der Waals surface area contributed by atoms with E-state index in [0.717, 1.165) is 15.7 Å². The maximum absolute atomic E-state index is 12.1. The van der Waals surface area contributed by atoms with Crippen molar-refractivity contribution in [1.29, 1.82) is 0 Å². The number of thiazole rings is 1. The van der Waals surface area contributed by atoms with E-state index in [2.05, 4.69) is 4.98 Å². The molecule has 3 aromatic rings. The molecule has 2 saturated carbocycles. The van der Waals surface area contributed by atoms with Gasteiger partial charge in [0, 0.05) is 11.3 Å². The van der Waals surface area contributed by atoms with Gasteiger partial charge in [-0.05, 0) is 55.2 Å². The summed E-state index contributed by atoms with van der Waals surface area (Å²) in [5.74, 6) is 3.20. The Labute approximate surface area is 174 Å². The molecule has 6 rings (SSSR count). The molecule has 2 fully saturated rings. The van der Waals surface area contributed by atoms with Crippen LogP contribution < -0.4 is 4.87 Å². The van der Waals surface area contributed by atoms with Crippen molar-refractivity contribution >= 4 is 28.8 Å². The molecule has 1 aliphatic heterocycles. The van der Waals surface area contributed by atoms with Crippen LogP contribution in [-0.4, -0.2) is 15.2 Å². The molecule has 0 unspecified atom stereocenters. The van der Waals surface area contributed by atoms with Crippen molar-refractivity contribution in [2.24, 2.45) is 17.8 Å². The molecular weight excluding hydrogens is 408 g/mol. The van der Waals surface area contributed by atoms with E-state index in [4.69, 9.17) is 4.42 Å².